The summed E-state index contributed by atoms with van der Waals surface area (Å²) in [6, 6.07) is 9.60. The first kappa shape index (κ1) is 12.4. The molecule has 3 heteroatoms. The molecule has 0 N–H and O–H groups in total. The van der Waals surface area contributed by atoms with E-state index >= 15 is 0 Å². The lowest BCUT2D eigenvalue weighted by Gasteiger charge is -2.29. The summed E-state index contributed by atoms with van der Waals surface area (Å²) in [4.78, 5) is 14.5. The number of carbonyl (C=O) groups excluding carboxylic acids is 1. The van der Waals surface area contributed by atoms with E-state index in [-0.39, 0.29) is 5.78 Å². The Bertz CT molecular complexity index is 546. The Morgan fingerprint density at radius 3 is 2.79 bits per heavy atom. The minimum absolute atomic E-state index is 0.0887. The summed E-state index contributed by atoms with van der Waals surface area (Å²) in [6.07, 6.45) is 2.38. The fourth-order valence-corrected chi connectivity index (χ4v) is 2.62. The quantitative estimate of drug-likeness (QED) is 0.791. The van der Waals surface area contributed by atoms with Crippen LogP contribution in [0.25, 0.3) is 11.0 Å². The summed E-state index contributed by atoms with van der Waals surface area (Å²) in [5, 5.41) is 0.998. The number of hydrogen-bond acceptors (Lipinski definition) is 3. The van der Waals surface area contributed by atoms with Crippen LogP contribution in [0, 0.1) is 5.92 Å². The lowest BCUT2D eigenvalue weighted by atomic mass is 9.99. The Hall–Kier alpha value is -1.61. The average molecular weight is 257 g/mol. The Kier molecular flexibility index (Phi) is 3.38. The molecule has 0 spiro atoms. The van der Waals surface area contributed by atoms with Crippen molar-refractivity contribution < 1.29 is 9.21 Å². The fraction of sp³-hybridized carbons (Fsp3) is 0.438. The minimum Gasteiger partial charge on any atom is -0.453 e. The van der Waals surface area contributed by atoms with Crippen molar-refractivity contribution in [1.29, 1.82) is 0 Å². The molecule has 3 nitrogen and oxygen atoms in total. The molecule has 1 aromatic carbocycles. The van der Waals surface area contributed by atoms with Crippen LogP contribution in [-0.2, 0) is 0 Å². The van der Waals surface area contributed by atoms with Crippen molar-refractivity contribution in [3.05, 3.63) is 36.1 Å². The van der Waals surface area contributed by atoms with Gasteiger partial charge in [-0.25, -0.2) is 0 Å². The monoisotopic (exact) mass is 257 g/mol. The molecule has 0 saturated carbocycles. The van der Waals surface area contributed by atoms with Gasteiger partial charge in [0.05, 0.1) is 6.54 Å². The maximum atomic E-state index is 12.2. The highest BCUT2D eigenvalue weighted by molar-refractivity contribution is 5.98. The van der Waals surface area contributed by atoms with Gasteiger partial charge in [0.2, 0.25) is 5.78 Å². The highest BCUT2D eigenvalue weighted by Crippen LogP contribution is 2.20. The summed E-state index contributed by atoms with van der Waals surface area (Å²) in [6.45, 7) is 4.80. The first-order chi connectivity index (χ1) is 9.22. The topological polar surface area (TPSA) is 33.5 Å². The molecule has 100 valence electrons. The van der Waals surface area contributed by atoms with Crippen molar-refractivity contribution in [2.24, 2.45) is 5.92 Å². The number of furan rings is 1. The number of hydrogen-bond donors (Lipinski definition) is 0. The molecule has 0 amide bonds. The van der Waals surface area contributed by atoms with Crippen molar-refractivity contribution in [3.8, 4) is 0 Å². The number of carbonyl (C=O) groups is 1. The summed E-state index contributed by atoms with van der Waals surface area (Å²) < 4.78 is 5.62. The van der Waals surface area contributed by atoms with Gasteiger partial charge in [0.15, 0.2) is 5.76 Å². The van der Waals surface area contributed by atoms with E-state index in [1.54, 1.807) is 0 Å². The highest BCUT2D eigenvalue weighted by atomic mass is 16.3. The molecule has 2 aromatic rings. The Balaban J connectivity index is 1.70. The maximum Gasteiger partial charge on any atom is 0.211 e. The largest absolute Gasteiger partial charge is 0.453 e. The van der Waals surface area contributed by atoms with Crippen LogP contribution < -0.4 is 0 Å². The van der Waals surface area contributed by atoms with E-state index in [9.17, 15) is 4.79 Å². The smallest absolute Gasteiger partial charge is 0.211 e. The molecule has 0 unspecified atom stereocenters. The Labute approximate surface area is 113 Å². The van der Waals surface area contributed by atoms with Crippen LogP contribution in [0.3, 0.4) is 0 Å². The van der Waals surface area contributed by atoms with Gasteiger partial charge in [-0.15, -0.1) is 0 Å². The number of nitrogens with zero attached hydrogens (tertiary/aromatic N) is 1. The Morgan fingerprint density at radius 1 is 1.32 bits per heavy atom. The first-order valence-corrected chi connectivity index (χ1v) is 6.96. The lowest BCUT2D eigenvalue weighted by Crippen LogP contribution is -2.36. The number of benzene rings is 1. The van der Waals surface area contributed by atoms with Gasteiger partial charge in [-0.1, -0.05) is 25.1 Å². The van der Waals surface area contributed by atoms with Gasteiger partial charge in [0.1, 0.15) is 5.58 Å². The zero-order valence-corrected chi connectivity index (χ0v) is 11.3. The van der Waals surface area contributed by atoms with Gasteiger partial charge in [-0.05, 0) is 44.0 Å². The van der Waals surface area contributed by atoms with Gasteiger partial charge in [0.25, 0.3) is 0 Å². The van der Waals surface area contributed by atoms with Crippen molar-refractivity contribution in [1.82, 2.24) is 4.90 Å². The average Bonchev–Trinajstić information content (AvgIpc) is 2.85. The van der Waals surface area contributed by atoms with Crippen LogP contribution >= 0.6 is 0 Å². The number of fused-ring (bicyclic) bond motifs is 1. The van der Waals surface area contributed by atoms with Crippen molar-refractivity contribution in [2.45, 2.75) is 19.8 Å². The number of piperidine rings is 1. The summed E-state index contributed by atoms with van der Waals surface area (Å²) in [5.74, 6) is 1.36. The zero-order chi connectivity index (χ0) is 13.2. The van der Waals surface area contributed by atoms with Gasteiger partial charge in [-0.2, -0.15) is 0 Å². The molecule has 3 rings (SSSR count). The van der Waals surface area contributed by atoms with Crippen LogP contribution in [0.1, 0.15) is 30.3 Å². The molecule has 0 aliphatic carbocycles. The molecule has 1 aliphatic heterocycles. The number of ketones is 1. The number of para-hydroxylation sites is 1. The van der Waals surface area contributed by atoms with Crippen LogP contribution in [-0.4, -0.2) is 30.3 Å². The number of likely N-dealkylation sites (tertiary alicyclic amines) is 1. The summed E-state index contributed by atoms with van der Waals surface area (Å²) in [7, 11) is 0. The van der Waals surface area contributed by atoms with Gasteiger partial charge >= 0.3 is 0 Å². The van der Waals surface area contributed by atoms with E-state index in [1.807, 2.05) is 30.3 Å². The second-order valence-corrected chi connectivity index (χ2v) is 5.53. The molecule has 19 heavy (non-hydrogen) atoms. The second-order valence-electron chi connectivity index (χ2n) is 5.53. The molecule has 1 fully saturated rings. The minimum atomic E-state index is 0.0887. The van der Waals surface area contributed by atoms with Crippen LogP contribution in [0.2, 0.25) is 0 Å². The van der Waals surface area contributed by atoms with Crippen LogP contribution in [0.15, 0.2) is 34.7 Å². The first-order valence-electron chi connectivity index (χ1n) is 6.96. The second kappa shape index (κ2) is 5.17. The third-order valence-corrected chi connectivity index (χ3v) is 3.94. The molecule has 1 aliphatic rings. The van der Waals surface area contributed by atoms with E-state index in [4.69, 9.17) is 4.42 Å². The molecule has 0 radical (unpaired) electrons. The highest BCUT2D eigenvalue weighted by Gasteiger charge is 2.20. The molecule has 1 saturated heterocycles. The van der Waals surface area contributed by atoms with Gasteiger partial charge in [-0.3, -0.25) is 9.69 Å². The Morgan fingerprint density at radius 2 is 2.05 bits per heavy atom. The van der Waals surface area contributed by atoms with Gasteiger partial charge < -0.3 is 4.42 Å². The predicted molar refractivity (Wildman–Crippen MR) is 75.4 cm³/mol. The SMILES string of the molecule is CC1CCN(CC(=O)c2cc3ccccc3o2)CC1. The van der Waals surface area contributed by atoms with Crippen LogP contribution in [0.4, 0.5) is 0 Å². The number of rotatable bonds is 3. The van der Waals surface area contributed by atoms with E-state index in [0.717, 1.165) is 30.0 Å². The van der Waals surface area contributed by atoms with Crippen molar-refractivity contribution in [3.63, 3.8) is 0 Å². The molecular weight excluding hydrogens is 238 g/mol. The molecule has 0 atom stereocenters. The van der Waals surface area contributed by atoms with E-state index in [2.05, 4.69) is 11.8 Å². The molecule has 0 bridgehead atoms. The van der Waals surface area contributed by atoms with Crippen molar-refractivity contribution >= 4 is 16.8 Å². The molecular formula is C16H19NO2. The fourth-order valence-electron chi connectivity index (χ4n) is 2.62. The predicted octanol–water partition coefficient (Wildman–Crippen LogP) is 3.35. The number of Topliss-reactive ketones (excluding diaryl/α,β-unsaturated/α-hetero) is 1. The summed E-state index contributed by atoms with van der Waals surface area (Å²) >= 11 is 0. The molecule has 2 heterocycles. The lowest BCUT2D eigenvalue weighted by molar-refractivity contribution is 0.0875. The van der Waals surface area contributed by atoms with E-state index < -0.39 is 0 Å². The van der Waals surface area contributed by atoms with E-state index in [1.165, 1.54) is 12.8 Å². The van der Waals surface area contributed by atoms with Gasteiger partial charge in [0, 0.05) is 5.39 Å². The standard InChI is InChI=1S/C16H19NO2/c1-12-6-8-17(9-7-12)11-14(18)16-10-13-4-2-3-5-15(13)19-16/h2-5,10,12H,6-9,11H2,1H3. The van der Waals surface area contributed by atoms with Crippen molar-refractivity contribution in [2.75, 3.05) is 19.6 Å². The third-order valence-electron chi connectivity index (χ3n) is 3.94. The third kappa shape index (κ3) is 2.71. The normalized spacial score (nSPS) is 17.9. The zero-order valence-electron chi connectivity index (χ0n) is 11.3. The summed E-state index contributed by atoms with van der Waals surface area (Å²) in [5.41, 5.74) is 0.790. The van der Waals surface area contributed by atoms with Crippen LogP contribution in [0.5, 0.6) is 0 Å². The molecule has 1 aromatic heterocycles. The maximum absolute atomic E-state index is 12.2. The van der Waals surface area contributed by atoms with E-state index in [0.29, 0.717) is 12.3 Å².